The molecule has 3 aromatic rings. The van der Waals surface area contributed by atoms with Crippen molar-refractivity contribution >= 4 is 28.7 Å². The first-order chi connectivity index (χ1) is 14.5. The van der Waals surface area contributed by atoms with E-state index >= 15 is 0 Å². The molecule has 0 radical (unpaired) electrons. The molecule has 1 aliphatic rings. The van der Waals surface area contributed by atoms with Crippen molar-refractivity contribution in [2.75, 3.05) is 10.6 Å². The SMILES string of the molecule is O=C(Nc1ccccc1C(F)(F)F)c1cc2n(n1)C(C(F)(F)F)CC(c1cccs1)N2. The summed E-state index contributed by atoms with van der Waals surface area (Å²) in [7, 11) is 0. The Labute approximate surface area is 175 Å². The maximum Gasteiger partial charge on any atom is 0.418 e. The van der Waals surface area contributed by atoms with Crippen LogP contribution in [0.1, 0.15) is 39.4 Å². The summed E-state index contributed by atoms with van der Waals surface area (Å²) in [5, 5.41) is 10.5. The van der Waals surface area contributed by atoms with Crippen molar-refractivity contribution in [3.63, 3.8) is 0 Å². The summed E-state index contributed by atoms with van der Waals surface area (Å²) < 4.78 is 81.1. The van der Waals surface area contributed by atoms with E-state index in [4.69, 9.17) is 0 Å². The Morgan fingerprint density at radius 1 is 1.13 bits per heavy atom. The first-order valence-electron chi connectivity index (χ1n) is 8.98. The lowest BCUT2D eigenvalue weighted by Crippen LogP contribution is -2.35. The van der Waals surface area contributed by atoms with Crippen LogP contribution in [0.3, 0.4) is 0 Å². The molecule has 0 spiro atoms. The molecule has 2 aromatic heterocycles. The lowest BCUT2D eigenvalue weighted by atomic mass is 10.0. The molecule has 31 heavy (non-hydrogen) atoms. The van der Waals surface area contributed by atoms with E-state index in [1.165, 1.54) is 17.4 Å². The Kier molecular flexibility index (Phi) is 5.20. The molecular weight excluding hydrogens is 446 g/mol. The van der Waals surface area contributed by atoms with E-state index in [9.17, 15) is 31.1 Å². The molecule has 0 saturated carbocycles. The second kappa shape index (κ2) is 7.59. The lowest BCUT2D eigenvalue weighted by molar-refractivity contribution is -0.173. The number of benzene rings is 1. The number of para-hydroxylation sites is 1. The lowest BCUT2D eigenvalue weighted by Gasteiger charge is -2.32. The summed E-state index contributed by atoms with van der Waals surface area (Å²) in [6, 6.07) is 6.20. The number of anilines is 2. The Morgan fingerprint density at radius 3 is 2.52 bits per heavy atom. The molecule has 1 amide bonds. The van der Waals surface area contributed by atoms with E-state index in [0.29, 0.717) is 9.56 Å². The van der Waals surface area contributed by atoms with Crippen LogP contribution in [0.15, 0.2) is 47.8 Å². The van der Waals surface area contributed by atoms with Crippen LogP contribution in [-0.2, 0) is 6.18 Å². The monoisotopic (exact) mass is 460 g/mol. The summed E-state index contributed by atoms with van der Waals surface area (Å²) in [4.78, 5) is 13.2. The number of fused-ring (bicyclic) bond motifs is 1. The van der Waals surface area contributed by atoms with Crippen molar-refractivity contribution in [3.8, 4) is 0 Å². The largest absolute Gasteiger partial charge is 0.418 e. The Bertz CT molecular complexity index is 1090. The van der Waals surface area contributed by atoms with Crippen LogP contribution < -0.4 is 10.6 Å². The number of halogens is 6. The molecule has 1 aliphatic heterocycles. The van der Waals surface area contributed by atoms with Gasteiger partial charge in [-0.15, -0.1) is 11.3 Å². The van der Waals surface area contributed by atoms with Crippen LogP contribution >= 0.6 is 11.3 Å². The summed E-state index contributed by atoms with van der Waals surface area (Å²) in [5.41, 5.74) is -2.01. The smallest absolute Gasteiger partial charge is 0.363 e. The number of rotatable bonds is 3. The summed E-state index contributed by atoms with van der Waals surface area (Å²) >= 11 is 1.29. The van der Waals surface area contributed by atoms with Gasteiger partial charge in [0.05, 0.1) is 17.3 Å². The third-order valence-electron chi connectivity index (χ3n) is 4.79. The van der Waals surface area contributed by atoms with Gasteiger partial charge in [-0.3, -0.25) is 4.79 Å². The van der Waals surface area contributed by atoms with E-state index in [2.05, 4.69) is 15.7 Å². The summed E-state index contributed by atoms with van der Waals surface area (Å²) in [5.74, 6) is -1.09. The van der Waals surface area contributed by atoms with Gasteiger partial charge >= 0.3 is 12.4 Å². The zero-order valence-corrected chi connectivity index (χ0v) is 16.3. The van der Waals surface area contributed by atoms with Crippen LogP contribution in [-0.4, -0.2) is 21.9 Å². The van der Waals surface area contributed by atoms with Crippen molar-refractivity contribution in [2.24, 2.45) is 0 Å². The van der Waals surface area contributed by atoms with E-state index in [1.54, 1.807) is 17.5 Å². The third kappa shape index (κ3) is 4.24. The predicted molar refractivity (Wildman–Crippen MR) is 102 cm³/mol. The number of amides is 1. The van der Waals surface area contributed by atoms with Crippen molar-refractivity contribution < 1.29 is 31.1 Å². The van der Waals surface area contributed by atoms with E-state index in [0.717, 1.165) is 24.3 Å². The number of alkyl halides is 6. The Balaban J connectivity index is 1.65. The van der Waals surface area contributed by atoms with Gasteiger partial charge in [0, 0.05) is 17.4 Å². The van der Waals surface area contributed by atoms with E-state index in [1.807, 2.05) is 0 Å². The fourth-order valence-corrected chi connectivity index (χ4v) is 4.18. The zero-order chi connectivity index (χ0) is 22.4. The van der Waals surface area contributed by atoms with Gasteiger partial charge in [-0.05, 0) is 23.6 Å². The van der Waals surface area contributed by atoms with Crippen LogP contribution in [0.2, 0.25) is 0 Å². The van der Waals surface area contributed by atoms with Crippen LogP contribution in [0.4, 0.5) is 37.8 Å². The molecule has 2 N–H and O–H groups in total. The van der Waals surface area contributed by atoms with E-state index < -0.39 is 47.3 Å². The van der Waals surface area contributed by atoms with Gasteiger partial charge in [-0.2, -0.15) is 31.4 Å². The molecule has 2 atom stereocenters. The minimum atomic E-state index is -4.71. The number of carbonyl (C=O) groups excluding carboxylic acids is 1. The second-order valence-corrected chi connectivity index (χ2v) is 7.84. The average molecular weight is 460 g/mol. The molecule has 0 aliphatic carbocycles. The first kappa shape index (κ1) is 21.2. The molecule has 5 nitrogen and oxygen atoms in total. The number of nitrogens with zero attached hydrogens (tertiary/aromatic N) is 2. The van der Waals surface area contributed by atoms with Gasteiger partial charge in [0.25, 0.3) is 5.91 Å². The number of thiophene rings is 1. The third-order valence-corrected chi connectivity index (χ3v) is 5.78. The van der Waals surface area contributed by atoms with Gasteiger partial charge in [0.2, 0.25) is 0 Å². The standard InChI is InChI=1S/C19H14F6N4OS/c20-18(21,22)10-4-1-2-5-11(10)27-17(30)13-9-16-26-12(14-6-3-7-31-14)8-15(19(23,24)25)29(16)28-13/h1-7,9,12,15,26H,8H2,(H,27,30). The van der Waals surface area contributed by atoms with Gasteiger partial charge in [0.15, 0.2) is 11.7 Å². The minimum Gasteiger partial charge on any atom is -0.363 e. The fraction of sp³-hybridized carbons (Fsp3) is 0.263. The topological polar surface area (TPSA) is 59.0 Å². The Hall–Kier alpha value is -3.02. The average Bonchev–Trinajstić information content (AvgIpc) is 3.35. The number of hydrogen-bond acceptors (Lipinski definition) is 4. The fourth-order valence-electron chi connectivity index (χ4n) is 3.39. The van der Waals surface area contributed by atoms with Crippen LogP contribution in [0.25, 0.3) is 0 Å². The molecule has 0 fully saturated rings. The van der Waals surface area contributed by atoms with Crippen molar-refractivity contribution in [3.05, 3.63) is 64.0 Å². The second-order valence-electron chi connectivity index (χ2n) is 6.86. The van der Waals surface area contributed by atoms with Crippen LogP contribution in [0, 0.1) is 0 Å². The van der Waals surface area contributed by atoms with Gasteiger partial charge in [-0.25, -0.2) is 4.68 Å². The van der Waals surface area contributed by atoms with Crippen molar-refractivity contribution in [1.82, 2.24) is 9.78 Å². The molecule has 164 valence electrons. The number of aromatic nitrogens is 2. The van der Waals surface area contributed by atoms with Gasteiger partial charge < -0.3 is 10.6 Å². The van der Waals surface area contributed by atoms with Crippen molar-refractivity contribution in [1.29, 1.82) is 0 Å². The van der Waals surface area contributed by atoms with Gasteiger partial charge in [-0.1, -0.05) is 18.2 Å². The number of carbonyl (C=O) groups is 1. The molecule has 4 rings (SSSR count). The first-order valence-corrected chi connectivity index (χ1v) is 9.86. The highest BCUT2D eigenvalue weighted by Crippen LogP contribution is 2.44. The highest BCUT2D eigenvalue weighted by Gasteiger charge is 2.47. The van der Waals surface area contributed by atoms with Crippen molar-refractivity contribution in [2.45, 2.75) is 30.9 Å². The highest BCUT2D eigenvalue weighted by atomic mass is 32.1. The normalized spacial score (nSPS) is 18.9. The molecule has 0 saturated heterocycles. The predicted octanol–water partition coefficient (Wildman–Crippen LogP) is 5.88. The minimum absolute atomic E-state index is 0.0405. The maximum atomic E-state index is 13.7. The summed E-state index contributed by atoms with van der Waals surface area (Å²) in [6.45, 7) is 0. The molecule has 0 bridgehead atoms. The quantitative estimate of drug-likeness (QED) is 0.481. The van der Waals surface area contributed by atoms with Gasteiger partial charge in [0.1, 0.15) is 5.82 Å². The maximum absolute atomic E-state index is 13.7. The molecular formula is C19H14F6N4OS. The molecule has 1 aromatic carbocycles. The number of hydrogen-bond donors (Lipinski definition) is 2. The molecule has 2 unspecified atom stereocenters. The van der Waals surface area contributed by atoms with Crippen LogP contribution in [0.5, 0.6) is 0 Å². The zero-order valence-electron chi connectivity index (χ0n) is 15.5. The van der Waals surface area contributed by atoms with E-state index in [-0.39, 0.29) is 12.2 Å². The molecule has 12 heteroatoms. The number of nitrogens with one attached hydrogen (secondary N) is 2. The molecule has 3 heterocycles. The highest BCUT2D eigenvalue weighted by molar-refractivity contribution is 7.10. The Morgan fingerprint density at radius 2 is 1.87 bits per heavy atom. The summed E-state index contributed by atoms with van der Waals surface area (Å²) in [6.07, 6.45) is -9.68.